The van der Waals surface area contributed by atoms with E-state index in [4.69, 9.17) is 5.11 Å². The third-order valence-electron chi connectivity index (χ3n) is 3.00. The average molecular weight is 295 g/mol. The molecule has 1 rings (SSSR count). The summed E-state index contributed by atoms with van der Waals surface area (Å²) in [6.45, 7) is 4.82. The maximum Gasteiger partial charge on any atom is 0.326 e. The van der Waals surface area contributed by atoms with Gasteiger partial charge in [0.05, 0.1) is 4.92 Å². The Bertz CT molecular complexity index is 585. The number of nitro groups is 1. The van der Waals surface area contributed by atoms with Gasteiger partial charge < -0.3 is 15.7 Å². The molecule has 1 aromatic rings. The molecule has 0 spiro atoms. The molecular formula is C13H17N3O5. The lowest BCUT2D eigenvalue weighted by molar-refractivity contribution is -0.385. The van der Waals surface area contributed by atoms with Crippen molar-refractivity contribution in [1.29, 1.82) is 0 Å². The maximum atomic E-state index is 11.7. The van der Waals surface area contributed by atoms with Gasteiger partial charge in [-0.05, 0) is 31.9 Å². The lowest BCUT2D eigenvalue weighted by Gasteiger charge is -2.14. The zero-order valence-electron chi connectivity index (χ0n) is 12.0. The number of nitrogens with one attached hydrogen (secondary N) is 2. The van der Waals surface area contributed by atoms with Crippen molar-refractivity contribution in [2.45, 2.75) is 33.2 Å². The van der Waals surface area contributed by atoms with Gasteiger partial charge in [-0.2, -0.15) is 0 Å². The monoisotopic (exact) mass is 295 g/mol. The third-order valence-corrected chi connectivity index (χ3v) is 3.00. The molecule has 1 atom stereocenters. The zero-order valence-corrected chi connectivity index (χ0v) is 12.0. The summed E-state index contributed by atoms with van der Waals surface area (Å²) in [6.07, 6.45) is 0.251. The van der Waals surface area contributed by atoms with Gasteiger partial charge >= 0.3 is 12.0 Å². The van der Waals surface area contributed by atoms with Crippen molar-refractivity contribution < 1.29 is 19.6 Å². The van der Waals surface area contributed by atoms with Gasteiger partial charge in [-0.1, -0.05) is 6.92 Å². The van der Waals surface area contributed by atoms with Crippen LogP contribution in [0, 0.1) is 24.0 Å². The molecule has 0 heterocycles. The van der Waals surface area contributed by atoms with Gasteiger partial charge in [0, 0.05) is 17.3 Å². The SMILES string of the molecule is CCC(NC(=O)Nc1cc(C)c([N+](=O)[O-])cc1C)C(=O)O. The molecule has 1 unspecified atom stereocenters. The van der Waals surface area contributed by atoms with Gasteiger partial charge in [0.25, 0.3) is 5.69 Å². The predicted octanol–water partition coefficient (Wildman–Crippen LogP) is 2.20. The summed E-state index contributed by atoms with van der Waals surface area (Å²) >= 11 is 0. The minimum atomic E-state index is -1.12. The van der Waals surface area contributed by atoms with E-state index in [0.29, 0.717) is 16.8 Å². The van der Waals surface area contributed by atoms with Crippen molar-refractivity contribution in [3.05, 3.63) is 33.4 Å². The van der Waals surface area contributed by atoms with Crippen LogP contribution < -0.4 is 10.6 Å². The van der Waals surface area contributed by atoms with E-state index in [-0.39, 0.29) is 12.1 Å². The zero-order chi connectivity index (χ0) is 16.2. The molecule has 0 saturated carbocycles. The summed E-state index contributed by atoms with van der Waals surface area (Å²) in [4.78, 5) is 32.9. The minimum Gasteiger partial charge on any atom is -0.480 e. The maximum absolute atomic E-state index is 11.7. The average Bonchev–Trinajstić information content (AvgIpc) is 2.39. The summed E-state index contributed by atoms with van der Waals surface area (Å²) in [5, 5.41) is 24.5. The topological polar surface area (TPSA) is 122 Å². The number of rotatable bonds is 5. The number of aryl methyl sites for hydroxylation is 2. The highest BCUT2D eigenvalue weighted by Gasteiger charge is 2.19. The molecule has 8 nitrogen and oxygen atoms in total. The number of aliphatic carboxylic acids is 1. The number of benzene rings is 1. The van der Waals surface area contributed by atoms with Crippen molar-refractivity contribution in [1.82, 2.24) is 5.32 Å². The number of amides is 2. The van der Waals surface area contributed by atoms with Gasteiger partial charge in [-0.3, -0.25) is 10.1 Å². The Hall–Kier alpha value is -2.64. The molecule has 0 saturated heterocycles. The van der Waals surface area contributed by atoms with E-state index in [1.165, 1.54) is 12.1 Å². The Morgan fingerprint density at radius 3 is 2.43 bits per heavy atom. The Morgan fingerprint density at radius 2 is 1.95 bits per heavy atom. The summed E-state index contributed by atoms with van der Waals surface area (Å²) < 4.78 is 0. The van der Waals surface area contributed by atoms with E-state index < -0.39 is 23.0 Å². The molecule has 8 heteroatoms. The van der Waals surface area contributed by atoms with Gasteiger partial charge in [-0.25, -0.2) is 9.59 Å². The lowest BCUT2D eigenvalue weighted by Crippen LogP contribution is -2.42. The summed E-state index contributed by atoms with van der Waals surface area (Å²) in [5.74, 6) is -1.12. The molecule has 1 aromatic carbocycles. The van der Waals surface area contributed by atoms with E-state index in [1.807, 2.05) is 0 Å². The van der Waals surface area contributed by atoms with Crippen molar-refractivity contribution in [2.75, 3.05) is 5.32 Å². The van der Waals surface area contributed by atoms with Gasteiger partial charge in [0.2, 0.25) is 0 Å². The quantitative estimate of drug-likeness (QED) is 0.567. The van der Waals surface area contributed by atoms with Crippen molar-refractivity contribution >= 4 is 23.4 Å². The molecular weight excluding hydrogens is 278 g/mol. The number of anilines is 1. The van der Waals surface area contributed by atoms with Crippen LogP contribution in [0.4, 0.5) is 16.2 Å². The first-order valence-electron chi connectivity index (χ1n) is 6.32. The molecule has 0 aliphatic heterocycles. The van der Waals surface area contributed by atoms with Crippen LogP contribution in [0.1, 0.15) is 24.5 Å². The van der Waals surface area contributed by atoms with E-state index in [2.05, 4.69) is 10.6 Å². The number of urea groups is 1. The predicted molar refractivity (Wildman–Crippen MR) is 76.4 cm³/mol. The van der Waals surface area contributed by atoms with Crippen LogP contribution in [0.5, 0.6) is 0 Å². The molecule has 0 aliphatic rings. The van der Waals surface area contributed by atoms with E-state index >= 15 is 0 Å². The second-order valence-corrected chi connectivity index (χ2v) is 4.61. The number of carbonyl (C=O) groups excluding carboxylic acids is 1. The molecule has 0 aromatic heterocycles. The molecule has 0 fully saturated rings. The Labute approximate surface area is 121 Å². The highest BCUT2D eigenvalue weighted by atomic mass is 16.6. The van der Waals surface area contributed by atoms with Gasteiger partial charge in [0.1, 0.15) is 6.04 Å². The summed E-state index contributed by atoms with van der Waals surface area (Å²) in [5.41, 5.74) is 1.29. The van der Waals surface area contributed by atoms with Crippen LogP contribution in [0.3, 0.4) is 0 Å². The van der Waals surface area contributed by atoms with Crippen LogP contribution in [-0.2, 0) is 4.79 Å². The second kappa shape index (κ2) is 6.69. The second-order valence-electron chi connectivity index (χ2n) is 4.61. The van der Waals surface area contributed by atoms with Crippen LogP contribution in [0.2, 0.25) is 0 Å². The Kier molecular flexibility index (Phi) is 5.23. The molecule has 3 N–H and O–H groups in total. The molecule has 114 valence electrons. The first-order valence-corrected chi connectivity index (χ1v) is 6.32. The Morgan fingerprint density at radius 1 is 1.33 bits per heavy atom. The van der Waals surface area contributed by atoms with Gasteiger partial charge in [-0.15, -0.1) is 0 Å². The fraction of sp³-hybridized carbons (Fsp3) is 0.385. The molecule has 0 bridgehead atoms. The highest BCUT2D eigenvalue weighted by Crippen LogP contribution is 2.25. The fourth-order valence-electron chi connectivity index (χ4n) is 1.79. The number of hydrogen-bond donors (Lipinski definition) is 3. The van der Waals surface area contributed by atoms with E-state index in [0.717, 1.165) is 0 Å². The number of carboxylic acid groups (broad SMARTS) is 1. The number of carbonyl (C=O) groups is 2. The van der Waals surface area contributed by atoms with E-state index in [9.17, 15) is 19.7 Å². The first-order chi connectivity index (χ1) is 9.76. The fourth-order valence-corrected chi connectivity index (χ4v) is 1.79. The molecule has 21 heavy (non-hydrogen) atoms. The smallest absolute Gasteiger partial charge is 0.326 e. The van der Waals surface area contributed by atoms with Crippen LogP contribution >= 0.6 is 0 Å². The summed E-state index contributed by atoms with van der Waals surface area (Å²) in [6, 6.07) is 1.19. The standard InChI is InChI=1S/C13H17N3O5/c1-4-9(12(17)18)14-13(19)15-10-5-8(3)11(16(20)21)6-7(10)2/h5-6,9H,4H2,1-3H3,(H,17,18)(H2,14,15,19). The molecule has 2 amide bonds. The Balaban J connectivity index is 2.88. The van der Waals surface area contributed by atoms with Crippen LogP contribution in [0.15, 0.2) is 12.1 Å². The minimum absolute atomic E-state index is 0.0320. The lowest BCUT2D eigenvalue weighted by atomic mass is 10.1. The van der Waals surface area contributed by atoms with Crippen LogP contribution in [0.25, 0.3) is 0 Å². The molecule has 0 aliphatic carbocycles. The normalized spacial score (nSPS) is 11.6. The van der Waals surface area contributed by atoms with E-state index in [1.54, 1.807) is 20.8 Å². The number of hydrogen-bond acceptors (Lipinski definition) is 4. The van der Waals surface area contributed by atoms with Gasteiger partial charge in [0.15, 0.2) is 0 Å². The van der Waals surface area contributed by atoms with Crippen molar-refractivity contribution in [2.24, 2.45) is 0 Å². The van der Waals surface area contributed by atoms with Crippen LogP contribution in [-0.4, -0.2) is 28.1 Å². The van der Waals surface area contributed by atoms with Crippen molar-refractivity contribution in [3.63, 3.8) is 0 Å². The third kappa shape index (κ3) is 4.16. The first kappa shape index (κ1) is 16.4. The number of nitro benzene ring substituents is 1. The molecule has 0 radical (unpaired) electrons. The largest absolute Gasteiger partial charge is 0.480 e. The number of nitrogens with zero attached hydrogens (tertiary/aromatic N) is 1. The van der Waals surface area contributed by atoms with Crippen molar-refractivity contribution in [3.8, 4) is 0 Å². The summed E-state index contributed by atoms with van der Waals surface area (Å²) in [7, 11) is 0. The number of carboxylic acids is 1. The highest BCUT2D eigenvalue weighted by molar-refractivity contribution is 5.93.